The molecule has 0 atom stereocenters. The van der Waals surface area contributed by atoms with Gasteiger partial charge >= 0.3 is 0 Å². The van der Waals surface area contributed by atoms with Crippen LogP contribution in [0.1, 0.15) is 44.9 Å². The fraction of sp³-hybridized carbons (Fsp3) is 0.600. The minimum absolute atomic E-state index is 0.0475. The van der Waals surface area contributed by atoms with E-state index in [0.29, 0.717) is 12.2 Å². The molecule has 0 radical (unpaired) electrons. The molecule has 2 amide bonds. The van der Waals surface area contributed by atoms with E-state index in [0.717, 1.165) is 37.0 Å². The lowest BCUT2D eigenvalue weighted by Gasteiger charge is -2.56. The monoisotopic (exact) mass is 387 g/mol. The van der Waals surface area contributed by atoms with Gasteiger partial charge in [-0.05, 0) is 73.8 Å². The van der Waals surface area contributed by atoms with Crippen LogP contribution in [0.15, 0.2) is 24.3 Å². The predicted molar refractivity (Wildman–Crippen MR) is 100 cm³/mol. The van der Waals surface area contributed by atoms with Gasteiger partial charge in [0.05, 0.1) is 4.92 Å². The van der Waals surface area contributed by atoms with Crippen molar-refractivity contribution in [2.24, 2.45) is 23.2 Å². The van der Waals surface area contributed by atoms with E-state index < -0.39 is 10.8 Å². The van der Waals surface area contributed by atoms with Crippen molar-refractivity contribution in [1.82, 2.24) is 10.9 Å². The highest BCUT2D eigenvalue weighted by atomic mass is 16.6. The number of hydrogen-bond acceptors (Lipinski definition) is 5. The second-order valence-electron chi connectivity index (χ2n) is 8.73. The van der Waals surface area contributed by atoms with Gasteiger partial charge in [-0.15, -0.1) is 0 Å². The Balaban J connectivity index is 1.20. The summed E-state index contributed by atoms with van der Waals surface area (Å²) in [6, 6.07) is 5.47. The first-order valence-electron chi connectivity index (χ1n) is 9.86. The minimum Gasteiger partial charge on any atom is -0.484 e. The maximum atomic E-state index is 12.4. The Labute approximate surface area is 163 Å². The molecule has 150 valence electrons. The highest BCUT2D eigenvalue weighted by Gasteiger charge is 2.51. The summed E-state index contributed by atoms with van der Waals surface area (Å²) in [6.07, 6.45) is 7.89. The Hall–Kier alpha value is -2.64. The first-order chi connectivity index (χ1) is 13.4. The number of ether oxygens (including phenoxy) is 1. The molecule has 28 heavy (non-hydrogen) atoms. The molecule has 4 bridgehead atoms. The van der Waals surface area contributed by atoms with Crippen LogP contribution in [0.4, 0.5) is 5.69 Å². The van der Waals surface area contributed by atoms with Crippen LogP contribution < -0.4 is 15.6 Å². The molecule has 1 aromatic carbocycles. The third-order valence-corrected chi connectivity index (χ3v) is 6.46. The number of amides is 2. The Morgan fingerprint density at radius 1 is 1.00 bits per heavy atom. The number of nitrogens with one attached hydrogen (secondary N) is 2. The Bertz CT molecular complexity index is 741. The molecule has 0 aliphatic heterocycles. The second-order valence-corrected chi connectivity index (χ2v) is 8.73. The van der Waals surface area contributed by atoms with Gasteiger partial charge in [0.15, 0.2) is 6.61 Å². The molecule has 4 fully saturated rings. The van der Waals surface area contributed by atoms with Crippen LogP contribution in [0.5, 0.6) is 5.75 Å². The van der Waals surface area contributed by atoms with E-state index in [9.17, 15) is 19.7 Å². The summed E-state index contributed by atoms with van der Waals surface area (Å²) in [5, 5.41) is 10.6. The molecule has 0 aromatic heterocycles. The third kappa shape index (κ3) is 4.10. The topological polar surface area (TPSA) is 111 Å². The zero-order valence-electron chi connectivity index (χ0n) is 15.7. The molecule has 2 N–H and O–H groups in total. The van der Waals surface area contributed by atoms with Gasteiger partial charge in [0.1, 0.15) is 5.75 Å². The van der Waals surface area contributed by atoms with Crippen molar-refractivity contribution < 1.29 is 19.2 Å². The van der Waals surface area contributed by atoms with E-state index in [1.54, 1.807) is 0 Å². The van der Waals surface area contributed by atoms with E-state index in [2.05, 4.69) is 10.9 Å². The second kappa shape index (κ2) is 7.41. The number of rotatable bonds is 6. The number of hydrogen-bond donors (Lipinski definition) is 2. The lowest BCUT2D eigenvalue weighted by Crippen LogP contribution is -2.50. The highest BCUT2D eigenvalue weighted by molar-refractivity contribution is 5.83. The van der Waals surface area contributed by atoms with Crippen molar-refractivity contribution >= 4 is 17.5 Å². The molecule has 4 aliphatic rings. The first-order valence-corrected chi connectivity index (χ1v) is 9.86. The SMILES string of the molecule is O=C(COc1ccc([N+](=O)[O-])cc1)NNC(=O)CC12CC3CC(CC(C3)C1)C2. The van der Waals surface area contributed by atoms with Crippen molar-refractivity contribution in [1.29, 1.82) is 0 Å². The zero-order chi connectivity index (χ0) is 19.7. The third-order valence-electron chi connectivity index (χ3n) is 6.46. The van der Waals surface area contributed by atoms with Crippen molar-refractivity contribution in [2.45, 2.75) is 44.9 Å². The molecule has 5 rings (SSSR count). The normalized spacial score (nSPS) is 29.9. The molecule has 8 nitrogen and oxygen atoms in total. The number of nitro benzene ring substituents is 1. The first kappa shape index (κ1) is 18.7. The molecule has 8 heteroatoms. The van der Waals surface area contributed by atoms with Gasteiger partial charge in [-0.2, -0.15) is 0 Å². The maximum absolute atomic E-state index is 12.4. The fourth-order valence-corrected chi connectivity index (χ4v) is 5.88. The van der Waals surface area contributed by atoms with Gasteiger partial charge in [-0.25, -0.2) is 0 Å². The van der Waals surface area contributed by atoms with Crippen LogP contribution in [-0.4, -0.2) is 23.3 Å². The lowest BCUT2D eigenvalue weighted by molar-refractivity contribution is -0.384. The lowest BCUT2D eigenvalue weighted by atomic mass is 9.49. The van der Waals surface area contributed by atoms with E-state index >= 15 is 0 Å². The zero-order valence-corrected chi connectivity index (χ0v) is 15.7. The van der Waals surface area contributed by atoms with Gasteiger partial charge in [-0.3, -0.25) is 30.6 Å². The number of carbonyl (C=O) groups excluding carboxylic acids is 2. The number of hydrazine groups is 1. The maximum Gasteiger partial charge on any atom is 0.276 e. The number of nitro groups is 1. The molecule has 0 saturated heterocycles. The molecule has 0 heterocycles. The molecular formula is C20H25N3O5. The minimum atomic E-state index is -0.504. The Morgan fingerprint density at radius 3 is 2.07 bits per heavy atom. The Kier molecular flexibility index (Phi) is 4.95. The van der Waals surface area contributed by atoms with Gasteiger partial charge in [0, 0.05) is 18.6 Å². The van der Waals surface area contributed by atoms with Crippen molar-refractivity contribution in [3.63, 3.8) is 0 Å². The summed E-state index contributed by atoms with van der Waals surface area (Å²) in [5.41, 5.74) is 4.98. The molecule has 1 aromatic rings. The van der Waals surface area contributed by atoms with Gasteiger partial charge < -0.3 is 4.74 Å². The molecule has 4 aliphatic carbocycles. The van der Waals surface area contributed by atoms with E-state index in [-0.39, 0.29) is 23.6 Å². The average molecular weight is 387 g/mol. The van der Waals surface area contributed by atoms with Crippen LogP contribution >= 0.6 is 0 Å². The van der Waals surface area contributed by atoms with Crippen LogP contribution in [0.3, 0.4) is 0 Å². The number of carbonyl (C=O) groups is 2. The van der Waals surface area contributed by atoms with E-state index in [4.69, 9.17) is 4.74 Å². The van der Waals surface area contributed by atoms with Gasteiger partial charge in [0.2, 0.25) is 5.91 Å². The molecule has 4 saturated carbocycles. The number of benzene rings is 1. The smallest absolute Gasteiger partial charge is 0.276 e. The van der Waals surface area contributed by atoms with Crippen molar-refractivity contribution in [2.75, 3.05) is 6.61 Å². The van der Waals surface area contributed by atoms with E-state index in [1.807, 2.05) is 0 Å². The van der Waals surface area contributed by atoms with Crippen LogP contribution in [0.25, 0.3) is 0 Å². The standard InChI is InChI=1S/C20H25N3O5/c24-18(11-20-8-13-5-14(9-20)7-15(6-13)10-20)21-22-19(25)12-28-17-3-1-16(2-4-17)23(26)27/h1-4,13-15H,5-12H2,(H,21,24)(H,22,25). The fourth-order valence-electron chi connectivity index (χ4n) is 5.88. The van der Waals surface area contributed by atoms with Crippen LogP contribution in [0.2, 0.25) is 0 Å². The van der Waals surface area contributed by atoms with Crippen LogP contribution in [-0.2, 0) is 9.59 Å². The summed E-state index contributed by atoms with van der Waals surface area (Å²) in [6.45, 7) is -0.282. The van der Waals surface area contributed by atoms with Gasteiger partial charge in [0.25, 0.3) is 11.6 Å². The predicted octanol–water partition coefficient (Wildman–Crippen LogP) is 2.73. The summed E-state index contributed by atoms with van der Waals surface area (Å²) < 4.78 is 5.28. The van der Waals surface area contributed by atoms with Crippen LogP contribution in [0, 0.1) is 33.3 Å². The van der Waals surface area contributed by atoms with Gasteiger partial charge in [-0.1, -0.05) is 0 Å². The molecule has 0 spiro atoms. The number of nitrogens with zero attached hydrogens (tertiary/aromatic N) is 1. The summed E-state index contributed by atoms with van der Waals surface area (Å²) in [5.74, 6) is 2.07. The summed E-state index contributed by atoms with van der Waals surface area (Å²) in [7, 11) is 0. The van der Waals surface area contributed by atoms with E-state index in [1.165, 1.54) is 43.5 Å². The molecular weight excluding hydrogens is 362 g/mol. The largest absolute Gasteiger partial charge is 0.484 e. The highest BCUT2D eigenvalue weighted by Crippen LogP contribution is 2.61. The average Bonchev–Trinajstić information content (AvgIpc) is 2.63. The Morgan fingerprint density at radius 2 is 1.54 bits per heavy atom. The van der Waals surface area contributed by atoms with Crippen molar-refractivity contribution in [3.05, 3.63) is 34.4 Å². The molecule has 0 unspecified atom stereocenters. The summed E-state index contributed by atoms with van der Waals surface area (Å²) >= 11 is 0. The summed E-state index contributed by atoms with van der Waals surface area (Å²) in [4.78, 5) is 34.4. The quantitative estimate of drug-likeness (QED) is 0.576. The number of non-ortho nitro benzene ring substituents is 1. The van der Waals surface area contributed by atoms with Crippen molar-refractivity contribution in [3.8, 4) is 5.75 Å².